The summed E-state index contributed by atoms with van der Waals surface area (Å²) in [5, 5.41) is 0. The van der Waals surface area contributed by atoms with Crippen LogP contribution in [0, 0.1) is 5.92 Å². The van der Waals surface area contributed by atoms with Gasteiger partial charge in [-0.25, -0.2) is 8.42 Å². The Hall–Kier alpha value is -1.73. The van der Waals surface area contributed by atoms with Crippen molar-refractivity contribution >= 4 is 10.0 Å². The zero-order chi connectivity index (χ0) is 18.0. The van der Waals surface area contributed by atoms with Crippen molar-refractivity contribution in [2.24, 2.45) is 5.92 Å². The van der Waals surface area contributed by atoms with Crippen molar-refractivity contribution in [1.82, 2.24) is 4.31 Å². The molecule has 26 heavy (non-hydrogen) atoms. The maximum atomic E-state index is 12.9. The summed E-state index contributed by atoms with van der Waals surface area (Å²) in [6.45, 7) is 2.29. The average molecular weight is 373 g/mol. The van der Waals surface area contributed by atoms with E-state index in [1.54, 1.807) is 16.4 Å². The highest BCUT2D eigenvalue weighted by Gasteiger charge is 2.34. The van der Waals surface area contributed by atoms with E-state index in [0.717, 1.165) is 24.0 Å². The lowest BCUT2D eigenvalue weighted by Crippen LogP contribution is -2.41. The highest BCUT2D eigenvalue weighted by Crippen LogP contribution is 2.29. The number of nitrogens with zero attached hydrogens (tertiary/aromatic N) is 1. The Morgan fingerprint density at radius 1 is 0.808 bits per heavy atom. The molecule has 0 bridgehead atoms. The molecular weight excluding hydrogens is 350 g/mol. The molecular formula is C20H23NO4S. The quantitative estimate of drug-likeness (QED) is 0.826. The van der Waals surface area contributed by atoms with E-state index >= 15 is 0 Å². The van der Waals surface area contributed by atoms with Crippen LogP contribution in [0.2, 0.25) is 0 Å². The number of benzene rings is 2. The molecule has 2 heterocycles. The predicted molar refractivity (Wildman–Crippen MR) is 99.1 cm³/mol. The molecule has 0 saturated carbocycles. The van der Waals surface area contributed by atoms with E-state index in [4.69, 9.17) is 9.47 Å². The molecule has 0 atom stereocenters. The van der Waals surface area contributed by atoms with Gasteiger partial charge in [0.05, 0.1) is 18.1 Å². The molecule has 0 spiro atoms. The number of sulfonamides is 1. The number of rotatable bonds is 4. The minimum Gasteiger partial charge on any atom is -0.350 e. The fourth-order valence-corrected chi connectivity index (χ4v) is 5.11. The van der Waals surface area contributed by atoms with E-state index in [0.29, 0.717) is 31.2 Å². The molecule has 2 aromatic carbocycles. The van der Waals surface area contributed by atoms with Gasteiger partial charge in [0.25, 0.3) is 0 Å². The third-order valence-corrected chi connectivity index (χ3v) is 7.04. The molecule has 2 fully saturated rings. The first-order valence-corrected chi connectivity index (χ1v) is 10.5. The van der Waals surface area contributed by atoms with Crippen LogP contribution in [-0.4, -0.2) is 45.3 Å². The van der Waals surface area contributed by atoms with Crippen LogP contribution in [0.1, 0.15) is 12.8 Å². The van der Waals surface area contributed by atoms with Crippen molar-refractivity contribution in [3.05, 3.63) is 54.6 Å². The monoisotopic (exact) mass is 373 g/mol. The van der Waals surface area contributed by atoms with E-state index in [-0.39, 0.29) is 12.2 Å². The SMILES string of the molecule is O=S(=O)(c1ccc(-c2ccccc2)cc1)N1CCC(C2OCCO2)CC1. The van der Waals surface area contributed by atoms with Gasteiger partial charge in [0.2, 0.25) is 10.0 Å². The van der Waals surface area contributed by atoms with E-state index in [1.807, 2.05) is 42.5 Å². The van der Waals surface area contributed by atoms with Gasteiger partial charge in [-0.1, -0.05) is 42.5 Å². The Morgan fingerprint density at radius 2 is 1.38 bits per heavy atom. The third-order valence-electron chi connectivity index (χ3n) is 5.13. The van der Waals surface area contributed by atoms with E-state index in [9.17, 15) is 8.42 Å². The summed E-state index contributed by atoms with van der Waals surface area (Å²) >= 11 is 0. The summed E-state index contributed by atoms with van der Waals surface area (Å²) in [5.41, 5.74) is 2.09. The Labute approximate surface area is 154 Å². The molecule has 0 aliphatic carbocycles. The maximum absolute atomic E-state index is 12.9. The Kier molecular flexibility index (Phi) is 5.09. The Bertz CT molecular complexity index is 822. The fourth-order valence-electron chi connectivity index (χ4n) is 3.64. The molecule has 138 valence electrons. The van der Waals surface area contributed by atoms with Crippen molar-refractivity contribution in [2.75, 3.05) is 26.3 Å². The third kappa shape index (κ3) is 3.55. The summed E-state index contributed by atoms with van der Waals surface area (Å²) in [6.07, 6.45) is 1.38. The van der Waals surface area contributed by atoms with Crippen LogP contribution in [0.25, 0.3) is 11.1 Å². The Balaban J connectivity index is 1.45. The van der Waals surface area contributed by atoms with Gasteiger partial charge in [0, 0.05) is 19.0 Å². The average Bonchev–Trinajstić information content (AvgIpc) is 3.24. The van der Waals surface area contributed by atoms with Crippen LogP contribution in [0.3, 0.4) is 0 Å². The molecule has 2 aromatic rings. The first kappa shape index (κ1) is 17.7. The molecule has 2 saturated heterocycles. The van der Waals surface area contributed by atoms with Crippen LogP contribution in [0.5, 0.6) is 0 Å². The minimum absolute atomic E-state index is 0.162. The van der Waals surface area contributed by atoms with E-state index < -0.39 is 10.0 Å². The smallest absolute Gasteiger partial charge is 0.243 e. The molecule has 5 nitrogen and oxygen atoms in total. The molecule has 4 rings (SSSR count). The summed E-state index contributed by atoms with van der Waals surface area (Å²) < 4.78 is 38.6. The normalized spacial score (nSPS) is 20.5. The van der Waals surface area contributed by atoms with Crippen molar-refractivity contribution in [3.8, 4) is 11.1 Å². The summed E-state index contributed by atoms with van der Waals surface area (Å²) in [6, 6.07) is 17.1. The molecule has 0 amide bonds. The molecule has 0 N–H and O–H groups in total. The molecule has 0 unspecified atom stereocenters. The fraction of sp³-hybridized carbons (Fsp3) is 0.400. The largest absolute Gasteiger partial charge is 0.350 e. The van der Waals surface area contributed by atoms with Gasteiger partial charge < -0.3 is 9.47 Å². The van der Waals surface area contributed by atoms with Gasteiger partial charge >= 0.3 is 0 Å². The second kappa shape index (κ2) is 7.48. The predicted octanol–water partition coefficient (Wildman–Crippen LogP) is 3.13. The highest BCUT2D eigenvalue weighted by atomic mass is 32.2. The first-order chi connectivity index (χ1) is 12.6. The summed E-state index contributed by atoms with van der Waals surface area (Å²) in [7, 11) is -3.46. The zero-order valence-electron chi connectivity index (χ0n) is 14.6. The van der Waals surface area contributed by atoms with Gasteiger partial charge in [-0.2, -0.15) is 4.31 Å². The van der Waals surface area contributed by atoms with Gasteiger partial charge in [-0.3, -0.25) is 0 Å². The molecule has 2 aliphatic rings. The lowest BCUT2D eigenvalue weighted by molar-refractivity contribution is -0.0938. The lowest BCUT2D eigenvalue weighted by atomic mass is 9.98. The van der Waals surface area contributed by atoms with Gasteiger partial charge in [-0.05, 0) is 36.1 Å². The summed E-state index contributed by atoms with van der Waals surface area (Å²) in [4.78, 5) is 0.351. The topological polar surface area (TPSA) is 55.8 Å². The lowest BCUT2D eigenvalue weighted by Gasteiger charge is -2.33. The van der Waals surface area contributed by atoms with Crippen molar-refractivity contribution in [1.29, 1.82) is 0 Å². The summed E-state index contributed by atoms with van der Waals surface area (Å²) in [5.74, 6) is 0.282. The minimum atomic E-state index is -3.46. The maximum Gasteiger partial charge on any atom is 0.243 e. The van der Waals surface area contributed by atoms with Gasteiger partial charge in [-0.15, -0.1) is 0 Å². The standard InChI is InChI=1S/C20H23NO4S/c22-26(23,21-12-10-18(11-13-21)20-24-14-15-25-20)19-8-6-17(7-9-19)16-4-2-1-3-5-16/h1-9,18,20H,10-15H2. The van der Waals surface area contributed by atoms with Gasteiger partial charge in [0.15, 0.2) is 6.29 Å². The number of hydrogen-bond acceptors (Lipinski definition) is 4. The number of hydrogen-bond donors (Lipinski definition) is 0. The first-order valence-electron chi connectivity index (χ1n) is 9.03. The van der Waals surface area contributed by atoms with Crippen LogP contribution in [0.15, 0.2) is 59.5 Å². The van der Waals surface area contributed by atoms with Crippen LogP contribution in [0.4, 0.5) is 0 Å². The van der Waals surface area contributed by atoms with Crippen LogP contribution >= 0.6 is 0 Å². The van der Waals surface area contributed by atoms with Gasteiger partial charge in [0.1, 0.15) is 0 Å². The molecule has 0 radical (unpaired) electrons. The molecule has 0 aromatic heterocycles. The van der Waals surface area contributed by atoms with Crippen LogP contribution < -0.4 is 0 Å². The van der Waals surface area contributed by atoms with E-state index in [2.05, 4.69) is 0 Å². The van der Waals surface area contributed by atoms with Crippen LogP contribution in [-0.2, 0) is 19.5 Å². The number of ether oxygens (including phenoxy) is 2. The second-order valence-electron chi connectivity index (χ2n) is 6.74. The second-order valence-corrected chi connectivity index (χ2v) is 8.68. The highest BCUT2D eigenvalue weighted by molar-refractivity contribution is 7.89. The number of piperidine rings is 1. The Morgan fingerprint density at radius 3 is 2.00 bits per heavy atom. The molecule has 6 heteroatoms. The van der Waals surface area contributed by atoms with E-state index in [1.165, 1.54) is 0 Å². The molecule has 2 aliphatic heterocycles. The van der Waals surface area contributed by atoms with Crippen molar-refractivity contribution < 1.29 is 17.9 Å². The van der Waals surface area contributed by atoms with Crippen molar-refractivity contribution in [3.63, 3.8) is 0 Å². The zero-order valence-corrected chi connectivity index (χ0v) is 15.4. The van der Waals surface area contributed by atoms with Crippen molar-refractivity contribution in [2.45, 2.75) is 24.0 Å².